The third kappa shape index (κ3) is 3.70. The molecule has 5 heteroatoms. The van der Waals surface area contributed by atoms with Gasteiger partial charge in [-0.05, 0) is 12.3 Å². The summed E-state index contributed by atoms with van der Waals surface area (Å²) in [6, 6.07) is 0. The molecule has 2 unspecified atom stereocenters. The smallest absolute Gasteiger partial charge is 0.225 e. The van der Waals surface area contributed by atoms with Gasteiger partial charge < -0.3 is 15.3 Å². The fourth-order valence-electron chi connectivity index (χ4n) is 1.90. The van der Waals surface area contributed by atoms with Crippen LogP contribution in [0.4, 0.5) is 0 Å². The summed E-state index contributed by atoms with van der Waals surface area (Å²) in [6.45, 7) is 9.03. The molecule has 0 aromatic heterocycles. The van der Waals surface area contributed by atoms with E-state index in [-0.39, 0.29) is 36.1 Å². The Balaban J connectivity index is 2.41. The highest BCUT2D eigenvalue weighted by atomic mass is 16.3. The molecule has 2 N–H and O–H groups in total. The Morgan fingerprint density at radius 1 is 1.56 bits per heavy atom. The van der Waals surface area contributed by atoms with Crippen LogP contribution in [0.5, 0.6) is 0 Å². The van der Waals surface area contributed by atoms with Gasteiger partial charge in [0.25, 0.3) is 0 Å². The Labute approximate surface area is 109 Å². The molecule has 0 saturated carbocycles. The van der Waals surface area contributed by atoms with E-state index in [1.165, 1.54) is 0 Å². The van der Waals surface area contributed by atoms with Crippen LogP contribution in [-0.4, -0.2) is 47.6 Å². The molecule has 0 aromatic carbocycles. The van der Waals surface area contributed by atoms with Crippen molar-refractivity contribution in [3.8, 4) is 0 Å². The standard InChI is InChI=1S/C13H24N2O3/c1-5-15-8-9(6-11(15)17)12(18)14-7-10(16)13(2,3)4/h9-10,16H,5-8H2,1-4H3,(H,14,18). The maximum absolute atomic E-state index is 11.9. The van der Waals surface area contributed by atoms with Crippen LogP contribution in [0.25, 0.3) is 0 Å². The van der Waals surface area contributed by atoms with E-state index in [2.05, 4.69) is 5.32 Å². The fraction of sp³-hybridized carbons (Fsp3) is 0.846. The highest BCUT2D eigenvalue weighted by Gasteiger charge is 2.33. The van der Waals surface area contributed by atoms with Gasteiger partial charge in [0.05, 0.1) is 12.0 Å². The van der Waals surface area contributed by atoms with Gasteiger partial charge in [-0.3, -0.25) is 9.59 Å². The Kier molecular flexibility index (Phi) is 4.73. The first kappa shape index (κ1) is 15.0. The first-order chi connectivity index (χ1) is 8.25. The van der Waals surface area contributed by atoms with Crippen molar-refractivity contribution in [2.24, 2.45) is 11.3 Å². The van der Waals surface area contributed by atoms with E-state index in [1.807, 2.05) is 27.7 Å². The Hall–Kier alpha value is -1.10. The minimum absolute atomic E-state index is 0.0361. The first-order valence-corrected chi connectivity index (χ1v) is 6.49. The van der Waals surface area contributed by atoms with E-state index < -0.39 is 6.10 Å². The maximum atomic E-state index is 11.9. The zero-order valence-electron chi connectivity index (χ0n) is 11.7. The average molecular weight is 256 g/mol. The second-order valence-electron chi connectivity index (χ2n) is 5.96. The van der Waals surface area contributed by atoms with Crippen molar-refractivity contribution in [2.75, 3.05) is 19.6 Å². The van der Waals surface area contributed by atoms with Gasteiger partial charge in [-0.15, -0.1) is 0 Å². The molecule has 1 rings (SSSR count). The number of hydrogen-bond acceptors (Lipinski definition) is 3. The Morgan fingerprint density at radius 2 is 2.17 bits per heavy atom. The van der Waals surface area contributed by atoms with Gasteiger partial charge in [0.1, 0.15) is 0 Å². The van der Waals surface area contributed by atoms with Crippen LogP contribution in [0.3, 0.4) is 0 Å². The van der Waals surface area contributed by atoms with Gasteiger partial charge in [0.2, 0.25) is 11.8 Å². The molecule has 2 amide bonds. The summed E-state index contributed by atoms with van der Waals surface area (Å²) < 4.78 is 0. The molecule has 0 aromatic rings. The minimum atomic E-state index is -0.583. The van der Waals surface area contributed by atoms with Crippen LogP contribution >= 0.6 is 0 Å². The van der Waals surface area contributed by atoms with Crippen molar-refractivity contribution in [3.05, 3.63) is 0 Å². The van der Waals surface area contributed by atoms with Crippen molar-refractivity contribution < 1.29 is 14.7 Å². The number of hydrogen-bond donors (Lipinski definition) is 2. The lowest BCUT2D eigenvalue weighted by Crippen LogP contribution is -2.42. The zero-order chi connectivity index (χ0) is 13.9. The molecule has 1 aliphatic heterocycles. The monoisotopic (exact) mass is 256 g/mol. The van der Waals surface area contributed by atoms with E-state index in [4.69, 9.17) is 0 Å². The number of rotatable bonds is 4. The minimum Gasteiger partial charge on any atom is -0.391 e. The summed E-state index contributed by atoms with van der Waals surface area (Å²) in [6.07, 6.45) is -0.300. The normalized spacial score (nSPS) is 22.2. The molecule has 1 fully saturated rings. The Morgan fingerprint density at radius 3 is 2.61 bits per heavy atom. The lowest BCUT2D eigenvalue weighted by Gasteiger charge is -2.26. The molecule has 1 aliphatic rings. The first-order valence-electron chi connectivity index (χ1n) is 6.49. The molecule has 0 spiro atoms. The predicted molar refractivity (Wildman–Crippen MR) is 68.8 cm³/mol. The average Bonchev–Trinajstić information content (AvgIpc) is 2.65. The fourth-order valence-corrected chi connectivity index (χ4v) is 1.90. The number of carbonyl (C=O) groups is 2. The lowest BCUT2D eigenvalue weighted by molar-refractivity contribution is -0.129. The summed E-state index contributed by atoms with van der Waals surface area (Å²) in [5.74, 6) is -0.374. The molecule has 1 saturated heterocycles. The number of aliphatic hydroxyl groups excluding tert-OH is 1. The van der Waals surface area contributed by atoms with Crippen LogP contribution in [-0.2, 0) is 9.59 Å². The van der Waals surface area contributed by atoms with Crippen LogP contribution in [0, 0.1) is 11.3 Å². The number of nitrogens with one attached hydrogen (secondary N) is 1. The van der Waals surface area contributed by atoms with Crippen molar-refractivity contribution in [3.63, 3.8) is 0 Å². The molecular weight excluding hydrogens is 232 g/mol. The number of amides is 2. The number of likely N-dealkylation sites (tertiary alicyclic amines) is 1. The summed E-state index contributed by atoms with van der Waals surface area (Å²) in [4.78, 5) is 25.1. The van der Waals surface area contributed by atoms with E-state index in [9.17, 15) is 14.7 Å². The molecule has 1 heterocycles. The molecule has 104 valence electrons. The van der Waals surface area contributed by atoms with Crippen molar-refractivity contribution in [1.82, 2.24) is 10.2 Å². The second kappa shape index (κ2) is 5.69. The molecule has 2 atom stereocenters. The maximum Gasteiger partial charge on any atom is 0.225 e. The van der Waals surface area contributed by atoms with Crippen LogP contribution in [0.15, 0.2) is 0 Å². The van der Waals surface area contributed by atoms with Gasteiger partial charge in [0, 0.05) is 26.1 Å². The molecule has 0 bridgehead atoms. The van der Waals surface area contributed by atoms with E-state index in [0.717, 1.165) is 0 Å². The SMILES string of the molecule is CCN1CC(C(=O)NCC(O)C(C)(C)C)CC1=O. The van der Waals surface area contributed by atoms with Gasteiger partial charge in [0.15, 0.2) is 0 Å². The van der Waals surface area contributed by atoms with Crippen molar-refractivity contribution >= 4 is 11.8 Å². The molecule has 0 aliphatic carbocycles. The van der Waals surface area contributed by atoms with E-state index in [1.54, 1.807) is 4.90 Å². The quantitative estimate of drug-likeness (QED) is 0.764. The van der Waals surface area contributed by atoms with Crippen LogP contribution in [0.2, 0.25) is 0 Å². The summed E-state index contributed by atoms with van der Waals surface area (Å²) in [5, 5.41) is 12.6. The van der Waals surface area contributed by atoms with Gasteiger partial charge in [-0.2, -0.15) is 0 Å². The van der Waals surface area contributed by atoms with E-state index in [0.29, 0.717) is 13.1 Å². The highest BCUT2D eigenvalue weighted by molar-refractivity contribution is 5.89. The molecule has 0 radical (unpaired) electrons. The van der Waals surface area contributed by atoms with Gasteiger partial charge in [-0.1, -0.05) is 20.8 Å². The number of nitrogens with zero attached hydrogens (tertiary/aromatic N) is 1. The molecule has 18 heavy (non-hydrogen) atoms. The third-order valence-electron chi connectivity index (χ3n) is 3.44. The van der Waals surface area contributed by atoms with Crippen molar-refractivity contribution in [2.45, 2.75) is 40.2 Å². The van der Waals surface area contributed by atoms with Gasteiger partial charge >= 0.3 is 0 Å². The van der Waals surface area contributed by atoms with E-state index >= 15 is 0 Å². The lowest BCUT2D eigenvalue weighted by atomic mass is 9.89. The number of carbonyl (C=O) groups excluding carboxylic acids is 2. The highest BCUT2D eigenvalue weighted by Crippen LogP contribution is 2.20. The van der Waals surface area contributed by atoms with Crippen LogP contribution in [0.1, 0.15) is 34.1 Å². The summed E-state index contributed by atoms with van der Waals surface area (Å²) in [7, 11) is 0. The second-order valence-corrected chi connectivity index (χ2v) is 5.96. The largest absolute Gasteiger partial charge is 0.391 e. The zero-order valence-corrected chi connectivity index (χ0v) is 11.7. The Bertz CT molecular complexity index is 323. The predicted octanol–water partition coefficient (Wildman–Crippen LogP) is 0.378. The molecule has 5 nitrogen and oxygen atoms in total. The summed E-state index contributed by atoms with van der Waals surface area (Å²) >= 11 is 0. The summed E-state index contributed by atoms with van der Waals surface area (Å²) in [5.41, 5.74) is -0.256. The topological polar surface area (TPSA) is 69.6 Å². The molecular formula is C13H24N2O3. The number of aliphatic hydroxyl groups is 1. The van der Waals surface area contributed by atoms with Gasteiger partial charge in [-0.25, -0.2) is 0 Å². The van der Waals surface area contributed by atoms with Crippen LogP contribution < -0.4 is 5.32 Å². The third-order valence-corrected chi connectivity index (χ3v) is 3.44. The van der Waals surface area contributed by atoms with Crippen molar-refractivity contribution in [1.29, 1.82) is 0 Å².